The van der Waals surface area contributed by atoms with E-state index in [4.69, 9.17) is 4.42 Å². The molecule has 51 heavy (non-hydrogen) atoms. The van der Waals surface area contributed by atoms with Gasteiger partial charge in [-0.1, -0.05) is 146 Å². The number of hydrogen-bond donors (Lipinski definition) is 0. The van der Waals surface area contributed by atoms with Gasteiger partial charge in [-0.2, -0.15) is 0 Å². The van der Waals surface area contributed by atoms with Gasteiger partial charge in [0.1, 0.15) is 11.2 Å². The summed E-state index contributed by atoms with van der Waals surface area (Å²) in [5.74, 6) is 0.219. The van der Waals surface area contributed by atoms with Crippen LogP contribution in [0.25, 0.3) is 82.8 Å². The second-order valence-electron chi connectivity index (χ2n) is 13.6. The van der Waals surface area contributed by atoms with Gasteiger partial charge in [0.15, 0.2) is 0 Å². The van der Waals surface area contributed by atoms with E-state index >= 15 is 0 Å². The monoisotopic (exact) mass is 649 g/mol. The maximum Gasteiger partial charge on any atom is 0.143 e. The highest BCUT2D eigenvalue weighted by Gasteiger charge is 2.30. The summed E-state index contributed by atoms with van der Waals surface area (Å²) in [5, 5.41) is 4.80. The largest absolute Gasteiger partial charge is 0.455 e. The number of furan rings is 1. The molecule has 1 aliphatic carbocycles. The van der Waals surface area contributed by atoms with E-state index in [2.05, 4.69) is 174 Å². The zero-order valence-corrected chi connectivity index (χ0v) is 27.8. The van der Waals surface area contributed by atoms with Crippen LogP contribution in [0.2, 0.25) is 0 Å². The number of rotatable bonds is 4. The Morgan fingerprint density at radius 2 is 1.04 bits per heavy atom. The highest BCUT2D eigenvalue weighted by Crippen LogP contribution is 2.49. The highest BCUT2D eigenvalue weighted by atomic mass is 16.3. The Morgan fingerprint density at radius 1 is 0.392 bits per heavy atom. The second-order valence-corrected chi connectivity index (χ2v) is 13.6. The van der Waals surface area contributed by atoms with E-state index < -0.39 is 0 Å². The van der Waals surface area contributed by atoms with Gasteiger partial charge in [-0.15, -0.1) is 0 Å². The summed E-state index contributed by atoms with van der Waals surface area (Å²) in [7, 11) is 0. The predicted molar refractivity (Wildman–Crippen MR) is 212 cm³/mol. The first-order chi connectivity index (χ1) is 25.3. The quantitative estimate of drug-likeness (QED) is 0.186. The molecule has 2 heteroatoms. The van der Waals surface area contributed by atoms with Gasteiger partial charge in [0.05, 0.1) is 11.0 Å². The Hall–Kier alpha value is -6.64. The fourth-order valence-corrected chi connectivity index (χ4v) is 8.59. The third-order valence-corrected chi connectivity index (χ3v) is 10.9. The lowest BCUT2D eigenvalue weighted by Crippen LogP contribution is -1.99. The fraction of sp³-hybridized carbons (Fsp3) is 0.0204. The van der Waals surface area contributed by atoms with Crippen molar-refractivity contribution in [2.45, 2.75) is 5.92 Å². The van der Waals surface area contributed by atoms with Crippen LogP contribution >= 0.6 is 0 Å². The van der Waals surface area contributed by atoms with E-state index in [0.29, 0.717) is 0 Å². The topological polar surface area (TPSA) is 18.1 Å². The van der Waals surface area contributed by atoms with Crippen LogP contribution in [0.3, 0.4) is 0 Å². The molecule has 0 radical (unpaired) electrons. The minimum absolute atomic E-state index is 0.219. The average molecular weight is 650 g/mol. The van der Waals surface area contributed by atoms with Crippen molar-refractivity contribution in [3.8, 4) is 39.1 Å². The maximum atomic E-state index is 6.38. The van der Waals surface area contributed by atoms with Crippen LogP contribution in [0.15, 0.2) is 186 Å². The molecular weight excluding hydrogens is 619 g/mol. The molecule has 0 fully saturated rings. The van der Waals surface area contributed by atoms with Gasteiger partial charge in [0.2, 0.25) is 0 Å². The number of para-hydroxylation sites is 3. The number of nitrogens with zero attached hydrogens (tertiary/aromatic N) is 1. The molecule has 238 valence electrons. The molecule has 0 saturated heterocycles. The lowest BCUT2D eigenvalue weighted by atomic mass is 9.88. The molecule has 1 aliphatic rings. The minimum atomic E-state index is 0.219. The van der Waals surface area contributed by atoms with E-state index in [0.717, 1.165) is 38.8 Å². The summed E-state index contributed by atoms with van der Waals surface area (Å²) >= 11 is 0. The molecule has 0 spiro atoms. The van der Waals surface area contributed by atoms with Crippen molar-refractivity contribution in [2.24, 2.45) is 0 Å². The summed E-state index contributed by atoms with van der Waals surface area (Å²) in [5.41, 5.74) is 16.8. The van der Waals surface area contributed by atoms with Gasteiger partial charge < -0.3 is 8.98 Å². The first-order valence-electron chi connectivity index (χ1n) is 17.6. The molecule has 8 aromatic carbocycles. The SMILES string of the molecule is c1ccc(C2c3ccccc3-c3ccc(-c4ccc5c6ccccc6n(-c6ccc(-c7cccc8c7oc7ccccc78)cc6)c5c4)cc32)cc1. The second kappa shape index (κ2) is 10.9. The van der Waals surface area contributed by atoms with Crippen molar-refractivity contribution in [2.75, 3.05) is 0 Å². The number of aromatic nitrogens is 1. The Bertz CT molecular complexity index is 2960. The van der Waals surface area contributed by atoms with Gasteiger partial charge in [-0.25, -0.2) is 0 Å². The third-order valence-electron chi connectivity index (χ3n) is 10.9. The number of benzene rings is 8. The van der Waals surface area contributed by atoms with Crippen molar-refractivity contribution in [3.63, 3.8) is 0 Å². The standard InChI is InChI=1S/C49H31NO/c1-2-11-32(12-3-1)48-42-16-5-4-13-37(42)38-27-23-33(29-44(38)48)34-24-28-40-39-14-6-8-19-45(39)50(46(40)30-34)35-25-21-31(22-26-35)36-17-10-18-43-41-15-7-9-20-47(41)51-49(36)43/h1-30,48H. The van der Waals surface area contributed by atoms with Crippen LogP contribution in [-0.2, 0) is 0 Å². The molecular formula is C49H31NO. The zero-order chi connectivity index (χ0) is 33.5. The summed E-state index contributed by atoms with van der Waals surface area (Å²) in [6.07, 6.45) is 0. The van der Waals surface area contributed by atoms with E-state index in [1.54, 1.807) is 0 Å². The molecule has 11 rings (SSSR count). The zero-order valence-electron chi connectivity index (χ0n) is 27.8. The first-order valence-corrected chi connectivity index (χ1v) is 17.6. The Kier molecular flexibility index (Phi) is 6.05. The van der Waals surface area contributed by atoms with Crippen LogP contribution in [-0.4, -0.2) is 4.57 Å². The van der Waals surface area contributed by atoms with Crippen LogP contribution in [0.1, 0.15) is 22.6 Å². The van der Waals surface area contributed by atoms with E-state index in [9.17, 15) is 0 Å². The maximum absolute atomic E-state index is 6.38. The van der Waals surface area contributed by atoms with E-state index in [-0.39, 0.29) is 5.92 Å². The lowest BCUT2D eigenvalue weighted by Gasteiger charge is -2.15. The molecule has 1 unspecified atom stereocenters. The van der Waals surface area contributed by atoms with Gasteiger partial charge in [0.25, 0.3) is 0 Å². The highest BCUT2D eigenvalue weighted by molar-refractivity contribution is 6.11. The van der Waals surface area contributed by atoms with Crippen molar-refractivity contribution in [1.29, 1.82) is 0 Å². The molecule has 0 bridgehead atoms. The fourth-order valence-electron chi connectivity index (χ4n) is 8.59. The van der Waals surface area contributed by atoms with Crippen LogP contribution in [0.5, 0.6) is 0 Å². The van der Waals surface area contributed by atoms with Crippen LogP contribution < -0.4 is 0 Å². The van der Waals surface area contributed by atoms with E-state index in [1.165, 1.54) is 60.8 Å². The van der Waals surface area contributed by atoms with Gasteiger partial charge in [-0.05, 0) is 80.9 Å². The average Bonchev–Trinajstić information content (AvgIpc) is 3.85. The predicted octanol–water partition coefficient (Wildman–Crippen LogP) is 13.2. The molecule has 0 saturated carbocycles. The molecule has 0 aliphatic heterocycles. The summed E-state index contributed by atoms with van der Waals surface area (Å²) < 4.78 is 8.80. The molecule has 0 amide bonds. The lowest BCUT2D eigenvalue weighted by molar-refractivity contribution is 0.670. The molecule has 10 aromatic rings. The third kappa shape index (κ3) is 4.23. The van der Waals surface area contributed by atoms with Crippen molar-refractivity contribution in [3.05, 3.63) is 199 Å². The number of hydrogen-bond acceptors (Lipinski definition) is 1. The van der Waals surface area contributed by atoms with Gasteiger partial charge >= 0.3 is 0 Å². The smallest absolute Gasteiger partial charge is 0.143 e. The molecule has 0 N–H and O–H groups in total. The van der Waals surface area contributed by atoms with Gasteiger partial charge in [0, 0.05) is 38.7 Å². The molecule has 2 nitrogen and oxygen atoms in total. The van der Waals surface area contributed by atoms with Crippen molar-refractivity contribution < 1.29 is 4.42 Å². The normalized spacial score (nSPS) is 13.7. The molecule has 2 aromatic heterocycles. The van der Waals surface area contributed by atoms with Crippen molar-refractivity contribution >= 4 is 43.7 Å². The Labute approximate surface area is 295 Å². The summed E-state index contributed by atoms with van der Waals surface area (Å²) in [6, 6.07) is 66.2. The van der Waals surface area contributed by atoms with Gasteiger partial charge in [-0.3, -0.25) is 0 Å². The van der Waals surface area contributed by atoms with Crippen molar-refractivity contribution in [1.82, 2.24) is 4.57 Å². The summed E-state index contributed by atoms with van der Waals surface area (Å²) in [6.45, 7) is 0. The Balaban J connectivity index is 1.05. The number of fused-ring (bicyclic) bond motifs is 9. The first kappa shape index (κ1) is 28.2. The van der Waals surface area contributed by atoms with Crippen LogP contribution in [0, 0.1) is 0 Å². The molecule has 1 atom stereocenters. The van der Waals surface area contributed by atoms with Crippen LogP contribution in [0.4, 0.5) is 0 Å². The Morgan fingerprint density at radius 3 is 1.94 bits per heavy atom. The summed E-state index contributed by atoms with van der Waals surface area (Å²) in [4.78, 5) is 0. The minimum Gasteiger partial charge on any atom is -0.455 e. The molecule has 2 heterocycles. The van der Waals surface area contributed by atoms with E-state index in [1.807, 2.05) is 12.1 Å².